The molecule has 1 aromatic carbocycles. The fraction of sp³-hybridized carbons (Fsp3) is 0.619. The number of nitrogens with zero attached hydrogens (tertiary/aromatic N) is 2. The van der Waals surface area contributed by atoms with Crippen LogP contribution in [-0.4, -0.2) is 46.5 Å². The van der Waals surface area contributed by atoms with Crippen LogP contribution in [0.25, 0.3) is 0 Å². The lowest BCUT2D eigenvalue weighted by molar-refractivity contribution is -0.145. The number of ether oxygens (including phenoxy) is 1. The molecule has 2 rings (SSSR count). The molecule has 0 aromatic heterocycles. The summed E-state index contributed by atoms with van der Waals surface area (Å²) in [7, 11) is 0. The van der Waals surface area contributed by atoms with Gasteiger partial charge in [-0.2, -0.15) is 0 Å². The first kappa shape index (κ1) is 21.2. The molecule has 27 heavy (non-hydrogen) atoms. The Hall–Kier alpha value is -2.11. The normalized spacial score (nSPS) is 21.2. The average molecular weight is 378 g/mol. The van der Waals surface area contributed by atoms with E-state index in [1.165, 1.54) is 12.1 Å². The van der Waals surface area contributed by atoms with Crippen LogP contribution in [-0.2, 0) is 9.53 Å². The van der Waals surface area contributed by atoms with Crippen molar-refractivity contribution in [1.82, 2.24) is 9.80 Å². The van der Waals surface area contributed by atoms with E-state index in [1.54, 1.807) is 17.0 Å². The minimum Gasteiger partial charge on any atom is -0.444 e. The number of carbonyl (C=O) groups excluding carboxylic acids is 2. The fourth-order valence-electron chi connectivity index (χ4n) is 3.18. The van der Waals surface area contributed by atoms with E-state index < -0.39 is 17.1 Å². The molecule has 0 saturated carbocycles. The van der Waals surface area contributed by atoms with Gasteiger partial charge < -0.3 is 9.64 Å². The summed E-state index contributed by atoms with van der Waals surface area (Å²) in [4.78, 5) is 29.2. The maximum atomic E-state index is 13.4. The Morgan fingerprint density at radius 2 is 1.56 bits per heavy atom. The number of rotatable bonds is 1. The van der Waals surface area contributed by atoms with Crippen LogP contribution < -0.4 is 0 Å². The third-order valence-corrected chi connectivity index (χ3v) is 4.52. The van der Waals surface area contributed by atoms with E-state index in [1.807, 2.05) is 53.4 Å². The maximum absolute atomic E-state index is 13.4. The molecule has 0 aliphatic carbocycles. The molecule has 1 saturated heterocycles. The van der Waals surface area contributed by atoms with Crippen molar-refractivity contribution >= 4 is 12.0 Å². The Balaban J connectivity index is 2.37. The predicted octanol–water partition coefficient (Wildman–Crippen LogP) is 4.38. The molecule has 2 amide bonds. The Morgan fingerprint density at radius 1 is 1.00 bits per heavy atom. The minimum atomic E-state index is -0.619. The topological polar surface area (TPSA) is 49.9 Å². The quantitative estimate of drug-likeness (QED) is 0.729. The van der Waals surface area contributed by atoms with Gasteiger partial charge in [-0.3, -0.25) is 9.69 Å². The van der Waals surface area contributed by atoms with Gasteiger partial charge in [0.2, 0.25) is 5.91 Å². The van der Waals surface area contributed by atoms with Crippen molar-refractivity contribution in [3.05, 3.63) is 35.6 Å². The summed E-state index contributed by atoms with van der Waals surface area (Å²) >= 11 is 0. The smallest absolute Gasteiger partial charge is 0.410 e. The largest absolute Gasteiger partial charge is 0.444 e. The summed E-state index contributed by atoms with van der Waals surface area (Å²) in [6.07, 6.45) is -0.425. The highest BCUT2D eigenvalue weighted by atomic mass is 19.1. The first-order valence-corrected chi connectivity index (χ1v) is 9.36. The number of carbonyl (C=O) groups is 2. The molecule has 150 valence electrons. The lowest BCUT2D eigenvalue weighted by Gasteiger charge is -2.47. The number of hydrogen-bond acceptors (Lipinski definition) is 3. The zero-order chi connectivity index (χ0) is 20.6. The van der Waals surface area contributed by atoms with Gasteiger partial charge in [0.25, 0.3) is 0 Å². The zero-order valence-electron chi connectivity index (χ0n) is 17.4. The minimum absolute atomic E-state index is 0.0333. The van der Waals surface area contributed by atoms with E-state index in [0.29, 0.717) is 13.1 Å². The van der Waals surface area contributed by atoms with Gasteiger partial charge in [0.05, 0.1) is 6.04 Å². The monoisotopic (exact) mass is 378 g/mol. The summed E-state index contributed by atoms with van der Waals surface area (Å²) in [5.74, 6) is -0.305. The molecule has 0 N–H and O–H groups in total. The Kier molecular flexibility index (Phi) is 5.88. The van der Waals surface area contributed by atoms with E-state index in [2.05, 4.69) is 0 Å². The van der Waals surface area contributed by atoms with Crippen molar-refractivity contribution in [2.45, 2.75) is 66.2 Å². The van der Waals surface area contributed by atoms with Crippen LogP contribution in [0.3, 0.4) is 0 Å². The van der Waals surface area contributed by atoms with Crippen molar-refractivity contribution < 1.29 is 18.7 Å². The maximum Gasteiger partial charge on any atom is 0.410 e. The molecular weight excluding hydrogens is 347 g/mol. The van der Waals surface area contributed by atoms with E-state index in [4.69, 9.17) is 4.74 Å². The van der Waals surface area contributed by atoms with Crippen LogP contribution in [0.15, 0.2) is 24.3 Å². The van der Waals surface area contributed by atoms with E-state index >= 15 is 0 Å². The summed E-state index contributed by atoms with van der Waals surface area (Å²) < 4.78 is 19.0. The molecule has 0 radical (unpaired) electrons. The molecule has 0 spiro atoms. The molecular formula is C21H31FN2O3. The second kappa shape index (κ2) is 7.49. The van der Waals surface area contributed by atoms with Gasteiger partial charge in [0.15, 0.2) is 0 Å². The van der Waals surface area contributed by atoms with Gasteiger partial charge in [-0.1, -0.05) is 32.9 Å². The van der Waals surface area contributed by atoms with E-state index in [0.717, 1.165) is 5.56 Å². The average Bonchev–Trinajstić information content (AvgIpc) is 2.52. The van der Waals surface area contributed by atoms with E-state index in [9.17, 15) is 14.0 Å². The van der Waals surface area contributed by atoms with Gasteiger partial charge in [-0.15, -0.1) is 0 Å². The Morgan fingerprint density at radius 3 is 2.04 bits per heavy atom. The Bertz CT molecular complexity index is 689. The number of halogens is 1. The van der Waals surface area contributed by atoms with Crippen molar-refractivity contribution in [1.29, 1.82) is 0 Å². The number of amides is 2. The second-order valence-electron chi connectivity index (χ2n) is 9.26. The van der Waals surface area contributed by atoms with Crippen molar-refractivity contribution in [2.24, 2.45) is 5.41 Å². The van der Waals surface area contributed by atoms with Crippen molar-refractivity contribution in [3.8, 4) is 0 Å². The first-order valence-electron chi connectivity index (χ1n) is 9.36. The summed E-state index contributed by atoms with van der Waals surface area (Å²) in [6, 6.07) is 5.54. The van der Waals surface area contributed by atoms with Gasteiger partial charge in [-0.05, 0) is 45.4 Å². The third kappa shape index (κ3) is 5.21. The van der Waals surface area contributed by atoms with Crippen LogP contribution in [0.2, 0.25) is 0 Å². The van der Waals surface area contributed by atoms with Gasteiger partial charge >= 0.3 is 6.09 Å². The SMILES string of the molecule is C[C@H]1CN(C(=O)OC(C)(C)C)[C@H](c2ccc(F)cc2)CN1C(=O)C(C)(C)C. The van der Waals surface area contributed by atoms with Crippen LogP contribution in [0.4, 0.5) is 9.18 Å². The van der Waals surface area contributed by atoms with Crippen LogP contribution >= 0.6 is 0 Å². The third-order valence-electron chi connectivity index (χ3n) is 4.52. The molecule has 1 aliphatic heterocycles. The standard InChI is InChI=1S/C21H31FN2O3/c1-14-12-24(19(26)27-21(5,6)7)17(15-8-10-16(22)11-9-15)13-23(14)18(25)20(2,3)4/h8-11,14,17H,12-13H2,1-7H3/t14-,17-/m0/s1. The lowest BCUT2D eigenvalue weighted by atomic mass is 9.91. The highest BCUT2D eigenvalue weighted by Gasteiger charge is 2.41. The van der Waals surface area contributed by atoms with Crippen molar-refractivity contribution in [2.75, 3.05) is 13.1 Å². The molecule has 2 atom stereocenters. The second-order valence-corrected chi connectivity index (χ2v) is 9.26. The zero-order valence-corrected chi connectivity index (χ0v) is 17.4. The number of benzene rings is 1. The molecule has 0 unspecified atom stereocenters. The number of hydrogen-bond donors (Lipinski definition) is 0. The highest BCUT2D eigenvalue weighted by molar-refractivity contribution is 5.82. The van der Waals surface area contributed by atoms with Crippen LogP contribution in [0.1, 0.15) is 60.1 Å². The van der Waals surface area contributed by atoms with Gasteiger partial charge in [0.1, 0.15) is 11.4 Å². The van der Waals surface area contributed by atoms with Gasteiger partial charge in [0, 0.05) is 24.5 Å². The fourth-order valence-corrected chi connectivity index (χ4v) is 3.18. The van der Waals surface area contributed by atoms with Crippen LogP contribution in [0, 0.1) is 11.2 Å². The Labute approximate surface area is 161 Å². The van der Waals surface area contributed by atoms with Crippen molar-refractivity contribution in [3.63, 3.8) is 0 Å². The van der Waals surface area contributed by atoms with E-state index in [-0.39, 0.29) is 23.8 Å². The summed E-state index contributed by atoms with van der Waals surface area (Å²) in [5.41, 5.74) is -0.359. The summed E-state index contributed by atoms with van der Waals surface area (Å²) in [5, 5.41) is 0. The molecule has 1 aromatic rings. The van der Waals surface area contributed by atoms with Gasteiger partial charge in [-0.25, -0.2) is 9.18 Å². The molecule has 5 nitrogen and oxygen atoms in total. The summed E-state index contributed by atoms with van der Waals surface area (Å²) in [6.45, 7) is 13.8. The predicted molar refractivity (Wildman–Crippen MR) is 103 cm³/mol. The molecule has 1 fully saturated rings. The highest BCUT2D eigenvalue weighted by Crippen LogP contribution is 2.32. The molecule has 6 heteroatoms. The molecule has 1 heterocycles. The first-order chi connectivity index (χ1) is 12.3. The molecule has 1 aliphatic rings. The molecule has 0 bridgehead atoms. The number of piperazine rings is 1. The lowest BCUT2D eigenvalue weighted by Crippen LogP contribution is -2.59. The van der Waals surface area contributed by atoms with Crippen LogP contribution in [0.5, 0.6) is 0 Å².